The van der Waals surface area contributed by atoms with Crippen LogP contribution in [0.5, 0.6) is 0 Å². The normalized spacial score (nSPS) is 16.0. The van der Waals surface area contributed by atoms with Gasteiger partial charge in [0, 0.05) is 18.9 Å². The zero-order valence-electron chi connectivity index (χ0n) is 8.59. The van der Waals surface area contributed by atoms with Gasteiger partial charge in [-0.2, -0.15) is 11.8 Å². The van der Waals surface area contributed by atoms with E-state index in [1.54, 1.807) is 7.11 Å². The summed E-state index contributed by atoms with van der Waals surface area (Å²) < 4.78 is 5.12. The topological polar surface area (TPSA) is 21.3 Å². The van der Waals surface area contributed by atoms with Gasteiger partial charge in [-0.05, 0) is 26.1 Å². The average molecular weight is 191 g/mol. The van der Waals surface area contributed by atoms with Gasteiger partial charge < -0.3 is 10.1 Å². The molecule has 12 heavy (non-hydrogen) atoms. The van der Waals surface area contributed by atoms with Crippen LogP contribution in [0.4, 0.5) is 0 Å². The molecule has 2 unspecified atom stereocenters. The molecule has 2 nitrogen and oxygen atoms in total. The Morgan fingerprint density at radius 2 is 2.08 bits per heavy atom. The molecule has 2 atom stereocenters. The Bertz CT molecular complexity index is 88.5. The number of methoxy groups -OCH3 is 1. The van der Waals surface area contributed by atoms with E-state index >= 15 is 0 Å². The Kier molecular flexibility index (Phi) is 8.07. The van der Waals surface area contributed by atoms with Crippen LogP contribution in [0.3, 0.4) is 0 Å². The van der Waals surface area contributed by atoms with Crippen LogP contribution in [0, 0.1) is 0 Å². The Labute approximate surface area is 80.4 Å². The van der Waals surface area contributed by atoms with Gasteiger partial charge in [0.25, 0.3) is 0 Å². The molecule has 0 aromatic carbocycles. The van der Waals surface area contributed by atoms with Crippen LogP contribution in [0.25, 0.3) is 0 Å². The Hall–Kier alpha value is 0.270. The van der Waals surface area contributed by atoms with E-state index in [2.05, 4.69) is 25.4 Å². The smallest absolute Gasteiger partial charge is 0.0667 e. The predicted octanol–water partition coefficient (Wildman–Crippen LogP) is 1.75. The molecule has 1 N–H and O–H groups in total. The molecule has 0 spiro atoms. The maximum atomic E-state index is 5.12. The largest absolute Gasteiger partial charge is 0.380 e. The fourth-order valence-electron chi connectivity index (χ4n) is 0.812. The highest BCUT2D eigenvalue weighted by molar-refractivity contribution is 7.99. The first-order valence-corrected chi connectivity index (χ1v) is 5.75. The Morgan fingerprint density at radius 3 is 2.58 bits per heavy atom. The number of hydrogen-bond acceptors (Lipinski definition) is 3. The van der Waals surface area contributed by atoms with E-state index in [9.17, 15) is 0 Å². The molecule has 3 heteroatoms. The molecule has 0 radical (unpaired) electrons. The predicted molar refractivity (Wildman–Crippen MR) is 56.9 cm³/mol. The third-order valence-electron chi connectivity index (χ3n) is 1.96. The summed E-state index contributed by atoms with van der Waals surface area (Å²) in [5.74, 6) is 0. The van der Waals surface area contributed by atoms with Crippen LogP contribution in [-0.2, 0) is 4.74 Å². The number of ether oxygens (including phenoxy) is 1. The first-order chi connectivity index (χ1) is 5.70. The summed E-state index contributed by atoms with van der Waals surface area (Å²) >= 11 is 1.92. The van der Waals surface area contributed by atoms with Crippen LogP contribution in [0.2, 0.25) is 0 Å². The van der Waals surface area contributed by atoms with Gasteiger partial charge >= 0.3 is 0 Å². The van der Waals surface area contributed by atoms with Crippen LogP contribution in [0.15, 0.2) is 0 Å². The second-order valence-corrected chi connectivity index (χ2v) is 4.36. The van der Waals surface area contributed by atoms with Crippen LogP contribution < -0.4 is 5.32 Å². The highest BCUT2D eigenvalue weighted by atomic mass is 32.2. The third-order valence-corrected chi connectivity index (χ3v) is 3.00. The summed E-state index contributed by atoms with van der Waals surface area (Å²) in [6, 6.07) is 0. The quantitative estimate of drug-likeness (QED) is 0.620. The molecule has 0 aliphatic rings. The number of thioether (sulfide) groups is 1. The minimum Gasteiger partial charge on any atom is -0.380 e. The molecule has 0 aliphatic carbocycles. The van der Waals surface area contributed by atoms with E-state index in [1.807, 2.05) is 11.8 Å². The van der Waals surface area contributed by atoms with E-state index in [-0.39, 0.29) is 0 Å². The van der Waals surface area contributed by atoms with Gasteiger partial charge in [0.1, 0.15) is 0 Å². The molecule has 0 aromatic heterocycles. The lowest BCUT2D eigenvalue weighted by Crippen LogP contribution is -2.27. The molecule has 0 amide bonds. The van der Waals surface area contributed by atoms with Crippen molar-refractivity contribution in [3.63, 3.8) is 0 Å². The second kappa shape index (κ2) is 7.90. The van der Waals surface area contributed by atoms with E-state index in [1.165, 1.54) is 6.42 Å². The molecule has 74 valence electrons. The highest BCUT2D eigenvalue weighted by Crippen LogP contribution is 2.07. The van der Waals surface area contributed by atoms with E-state index in [0.717, 1.165) is 18.3 Å². The SMILES string of the molecule is COC(C)CNCCC(C)SC. The number of hydrogen-bond donors (Lipinski definition) is 1. The first kappa shape index (κ1) is 12.3. The third kappa shape index (κ3) is 6.95. The van der Waals surface area contributed by atoms with Gasteiger partial charge in [0.05, 0.1) is 6.10 Å². The lowest BCUT2D eigenvalue weighted by atomic mass is 10.3. The second-order valence-electron chi connectivity index (χ2n) is 3.09. The monoisotopic (exact) mass is 191 g/mol. The molecular weight excluding hydrogens is 170 g/mol. The van der Waals surface area contributed by atoms with Crippen molar-refractivity contribution in [1.29, 1.82) is 0 Å². The molecule has 0 saturated carbocycles. The first-order valence-electron chi connectivity index (χ1n) is 4.47. The molecular formula is C9H21NOS. The van der Waals surface area contributed by atoms with Crippen molar-refractivity contribution in [1.82, 2.24) is 5.32 Å². The molecule has 0 saturated heterocycles. The van der Waals surface area contributed by atoms with Gasteiger partial charge in [-0.15, -0.1) is 0 Å². The van der Waals surface area contributed by atoms with Crippen molar-refractivity contribution in [3.05, 3.63) is 0 Å². The van der Waals surface area contributed by atoms with Crippen molar-refractivity contribution in [2.45, 2.75) is 31.6 Å². The minimum absolute atomic E-state index is 0.328. The zero-order valence-corrected chi connectivity index (χ0v) is 9.41. The lowest BCUT2D eigenvalue weighted by molar-refractivity contribution is 0.117. The molecule has 0 aliphatic heterocycles. The molecule has 0 fully saturated rings. The summed E-state index contributed by atoms with van der Waals surface area (Å²) in [7, 11) is 1.75. The van der Waals surface area contributed by atoms with Crippen molar-refractivity contribution in [3.8, 4) is 0 Å². The van der Waals surface area contributed by atoms with Crippen molar-refractivity contribution < 1.29 is 4.74 Å². The van der Waals surface area contributed by atoms with E-state index < -0.39 is 0 Å². The van der Waals surface area contributed by atoms with E-state index in [4.69, 9.17) is 4.74 Å². The van der Waals surface area contributed by atoms with Gasteiger partial charge in [0.15, 0.2) is 0 Å². The summed E-state index contributed by atoms with van der Waals surface area (Å²) in [5, 5.41) is 4.12. The summed E-state index contributed by atoms with van der Waals surface area (Å²) in [6.45, 7) is 6.38. The highest BCUT2D eigenvalue weighted by Gasteiger charge is 2.00. The standard InChI is InChI=1S/C9H21NOS/c1-8(11-3)7-10-6-5-9(2)12-4/h8-10H,5-7H2,1-4H3. The van der Waals surface area contributed by atoms with Crippen LogP contribution in [-0.4, -0.2) is 37.8 Å². The average Bonchev–Trinajstić information content (AvgIpc) is 2.11. The fraction of sp³-hybridized carbons (Fsp3) is 1.00. The number of nitrogens with one attached hydrogen (secondary N) is 1. The number of rotatable bonds is 7. The zero-order chi connectivity index (χ0) is 9.40. The van der Waals surface area contributed by atoms with Crippen molar-refractivity contribution in [2.24, 2.45) is 0 Å². The van der Waals surface area contributed by atoms with Gasteiger partial charge in [-0.1, -0.05) is 6.92 Å². The minimum atomic E-state index is 0.328. The van der Waals surface area contributed by atoms with Crippen LogP contribution in [0.1, 0.15) is 20.3 Å². The molecule has 0 heterocycles. The molecule has 0 aromatic rings. The lowest BCUT2D eigenvalue weighted by Gasteiger charge is -2.12. The van der Waals surface area contributed by atoms with Crippen molar-refractivity contribution >= 4 is 11.8 Å². The van der Waals surface area contributed by atoms with Gasteiger partial charge in [0.2, 0.25) is 0 Å². The molecule has 0 rings (SSSR count). The molecule has 0 bridgehead atoms. The van der Waals surface area contributed by atoms with Gasteiger partial charge in [-0.25, -0.2) is 0 Å². The maximum absolute atomic E-state index is 5.12. The van der Waals surface area contributed by atoms with Crippen molar-refractivity contribution in [2.75, 3.05) is 26.5 Å². The van der Waals surface area contributed by atoms with E-state index in [0.29, 0.717) is 6.10 Å². The maximum Gasteiger partial charge on any atom is 0.0667 e. The fourth-order valence-corrected chi connectivity index (χ4v) is 1.17. The summed E-state index contributed by atoms with van der Waals surface area (Å²) in [4.78, 5) is 0. The van der Waals surface area contributed by atoms with Crippen LogP contribution >= 0.6 is 11.8 Å². The summed E-state index contributed by atoms with van der Waals surface area (Å²) in [6.07, 6.45) is 3.72. The summed E-state index contributed by atoms with van der Waals surface area (Å²) in [5.41, 5.74) is 0. The Morgan fingerprint density at radius 1 is 1.42 bits per heavy atom. The van der Waals surface area contributed by atoms with Gasteiger partial charge in [-0.3, -0.25) is 0 Å². The Balaban J connectivity index is 3.10.